The van der Waals surface area contributed by atoms with Crippen LogP contribution in [0.4, 0.5) is 0 Å². The van der Waals surface area contributed by atoms with Gasteiger partial charge in [-0.05, 0) is 68.6 Å². The molecule has 3 atom stereocenters. The monoisotopic (exact) mass is 276 g/mol. The first-order valence-corrected chi connectivity index (χ1v) is 7.80. The molecule has 0 bridgehead atoms. The highest BCUT2D eigenvalue weighted by Gasteiger charge is 2.47. The van der Waals surface area contributed by atoms with E-state index in [1.807, 2.05) is 32.0 Å². The zero-order valence-electron chi connectivity index (χ0n) is 12.3. The Kier molecular flexibility index (Phi) is 3.88. The maximum Gasteiger partial charge on any atom is 0.161 e. The van der Waals surface area contributed by atoms with E-state index in [4.69, 9.17) is 9.47 Å². The van der Waals surface area contributed by atoms with Crippen LogP contribution in [0.15, 0.2) is 18.2 Å². The predicted octanol–water partition coefficient (Wildman–Crippen LogP) is 3.56. The van der Waals surface area contributed by atoms with Crippen molar-refractivity contribution < 1.29 is 14.6 Å². The van der Waals surface area contributed by atoms with Crippen molar-refractivity contribution in [3.05, 3.63) is 23.8 Å². The normalized spacial score (nSPS) is 28.9. The summed E-state index contributed by atoms with van der Waals surface area (Å²) in [7, 11) is 0. The lowest BCUT2D eigenvalue weighted by Crippen LogP contribution is -2.11. The summed E-state index contributed by atoms with van der Waals surface area (Å²) < 4.78 is 11.2. The minimum atomic E-state index is -0.363. The summed E-state index contributed by atoms with van der Waals surface area (Å²) in [5.74, 6) is 3.72. The second kappa shape index (κ2) is 5.65. The minimum absolute atomic E-state index is 0.363. The number of benzene rings is 1. The summed E-state index contributed by atoms with van der Waals surface area (Å²) >= 11 is 0. The fraction of sp³-hybridized carbons (Fsp3) is 0.647. The number of ether oxygens (including phenoxy) is 2. The van der Waals surface area contributed by atoms with Gasteiger partial charge in [0, 0.05) is 0 Å². The Bertz CT molecular complexity index is 461. The lowest BCUT2D eigenvalue weighted by Gasteiger charge is -2.21. The molecular formula is C17H24O3. The van der Waals surface area contributed by atoms with E-state index in [-0.39, 0.29) is 6.10 Å². The smallest absolute Gasteiger partial charge is 0.161 e. The average molecular weight is 276 g/mol. The molecule has 1 N–H and O–H groups in total. The van der Waals surface area contributed by atoms with Crippen LogP contribution in [0.5, 0.6) is 11.5 Å². The fourth-order valence-corrected chi connectivity index (χ4v) is 3.54. The third kappa shape index (κ3) is 2.64. The average Bonchev–Trinajstić information content (AvgIpc) is 3.07. The molecule has 0 heterocycles. The standard InChI is InChI=1S/C17H24O3/c1-3-19-15-6-5-11(10-16(15)20-4-2)17(18)14-8-12-7-13(12)9-14/h5-6,10,12-14,17-18H,3-4,7-9H2,1-2H3. The second-order valence-electron chi connectivity index (χ2n) is 6.00. The van der Waals surface area contributed by atoms with Crippen LogP contribution in [-0.2, 0) is 0 Å². The molecular weight excluding hydrogens is 252 g/mol. The van der Waals surface area contributed by atoms with Gasteiger partial charge in [-0.25, -0.2) is 0 Å². The molecule has 3 heteroatoms. The third-order valence-corrected chi connectivity index (χ3v) is 4.64. The van der Waals surface area contributed by atoms with Crippen LogP contribution < -0.4 is 9.47 Å². The van der Waals surface area contributed by atoms with E-state index in [1.54, 1.807) is 0 Å². The van der Waals surface area contributed by atoms with Crippen molar-refractivity contribution >= 4 is 0 Å². The van der Waals surface area contributed by atoms with Crippen LogP contribution in [0.25, 0.3) is 0 Å². The molecule has 2 fully saturated rings. The van der Waals surface area contributed by atoms with Crippen molar-refractivity contribution in [1.29, 1.82) is 0 Å². The molecule has 0 aliphatic heterocycles. The molecule has 3 rings (SSSR count). The summed E-state index contributed by atoms with van der Waals surface area (Å²) in [6.45, 7) is 5.15. The summed E-state index contributed by atoms with van der Waals surface area (Å²) in [5.41, 5.74) is 0.961. The van der Waals surface area contributed by atoms with Gasteiger partial charge >= 0.3 is 0 Å². The second-order valence-corrected chi connectivity index (χ2v) is 6.00. The Hall–Kier alpha value is -1.22. The molecule has 0 amide bonds. The molecule has 0 radical (unpaired) electrons. The molecule has 2 aliphatic carbocycles. The topological polar surface area (TPSA) is 38.7 Å². The number of hydrogen-bond acceptors (Lipinski definition) is 3. The summed E-state index contributed by atoms with van der Waals surface area (Å²) in [6, 6.07) is 5.84. The molecule has 0 spiro atoms. The summed E-state index contributed by atoms with van der Waals surface area (Å²) in [4.78, 5) is 0. The number of hydrogen-bond donors (Lipinski definition) is 1. The van der Waals surface area contributed by atoms with E-state index in [0.717, 1.165) is 28.9 Å². The molecule has 2 saturated carbocycles. The Balaban J connectivity index is 1.76. The van der Waals surface area contributed by atoms with Crippen molar-refractivity contribution in [2.24, 2.45) is 17.8 Å². The van der Waals surface area contributed by atoms with Gasteiger partial charge in [0.2, 0.25) is 0 Å². The first-order chi connectivity index (χ1) is 9.72. The van der Waals surface area contributed by atoms with E-state index in [9.17, 15) is 5.11 Å². The summed E-state index contributed by atoms with van der Waals surface area (Å²) in [5, 5.41) is 10.6. The maximum absolute atomic E-state index is 10.6. The van der Waals surface area contributed by atoms with Gasteiger partial charge < -0.3 is 14.6 Å². The van der Waals surface area contributed by atoms with Gasteiger partial charge in [0.25, 0.3) is 0 Å². The third-order valence-electron chi connectivity index (χ3n) is 4.64. The zero-order valence-corrected chi connectivity index (χ0v) is 12.3. The Morgan fingerprint density at radius 3 is 2.35 bits per heavy atom. The van der Waals surface area contributed by atoms with Gasteiger partial charge in [-0.1, -0.05) is 6.07 Å². The number of aliphatic hydroxyl groups excluding tert-OH is 1. The highest BCUT2D eigenvalue weighted by Crippen LogP contribution is 2.57. The predicted molar refractivity (Wildman–Crippen MR) is 78.1 cm³/mol. The molecule has 110 valence electrons. The van der Waals surface area contributed by atoms with Crippen LogP contribution in [0.2, 0.25) is 0 Å². The molecule has 3 nitrogen and oxygen atoms in total. The van der Waals surface area contributed by atoms with Crippen LogP contribution in [0.1, 0.15) is 44.8 Å². The van der Waals surface area contributed by atoms with Gasteiger partial charge in [-0.2, -0.15) is 0 Å². The van der Waals surface area contributed by atoms with Crippen LogP contribution in [0.3, 0.4) is 0 Å². The Morgan fingerprint density at radius 2 is 1.70 bits per heavy atom. The van der Waals surface area contributed by atoms with Gasteiger partial charge in [-0.3, -0.25) is 0 Å². The van der Waals surface area contributed by atoms with Gasteiger partial charge in [-0.15, -0.1) is 0 Å². The lowest BCUT2D eigenvalue weighted by molar-refractivity contribution is 0.104. The van der Waals surface area contributed by atoms with E-state index in [2.05, 4.69) is 0 Å². The first-order valence-electron chi connectivity index (χ1n) is 7.80. The Labute approximate surface area is 120 Å². The van der Waals surface area contributed by atoms with Crippen LogP contribution >= 0.6 is 0 Å². The van der Waals surface area contributed by atoms with E-state index in [1.165, 1.54) is 19.3 Å². The Morgan fingerprint density at radius 1 is 1.05 bits per heavy atom. The highest BCUT2D eigenvalue weighted by molar-refractivity contribution is 5.43. The van der Waals surface area contributed by atoms with Gasteiger partial charge in [0.15, 0.2) is 11.5 Å². The van der Waals surface area contributed by atoms with Gasteiger partial charge in [0.05, 0.1) is 19.3 Å². The molecule has 0 aromatic heterocycles. The van der Waals surface area contributed by atoms with Crippen molar-refractivity contribution in [3.8, 4) is 11.5 Å². The molecule has 1 aromatic rings. The van der Waals surface area contributed by atoms with Crippen molar-refractivity contribution in [2.75, 3.05) is 13.2 Å². The maximum atomic E-state index is 10.6. The van der Waals surface area contributed by atoms with Crippen molar-refractivity contribution in [3.63, 3.8) is 0 Å². The van der Waals surface area contributed by atoms with Crippen molar-refractivity contribution in [1.82, 2.24) is 0 Å². The number of rotatable bonds is 6. The molecule has 0 saturated heterocycles. The van der Waals surface area contributed by atoms with Crippen molar-refractivity contribution in [2.45, 2.75) is 39.2 Å². The molecule has 2 aliphatic rings. The highest BCUT2D eigenvalue weighted by atomic mass is 16.5. The molecule has 1 aromatic carbocycles. The SMILES string of the molecule is CCOc1ccc(C(O)C2CC3CC3C2)cc1OCC. The van der Waals surface area contributed by atoms with E-state index in [0.29, 0.717) is 19.1 Å². The molecule has 3 unspecified atom stereocenters. The summed E-state index contributed by atoms with van der Waals surface area (Å²) in [6.07, 6.45) is 3.39. The zero-order chi connectivity index (χ0) is 14.1. The van der Waals surface area contributed by atoms with E-state index >= 15 is 0 Å². The lowest BCUT2D eigenvalue weighted by atomic mass is 9.91. The van der Waals surface area contributed by atoms with Gasteiger partial charge in [0.1, 0.15) is 0 Å². The fourth-order valence-electron chi connectivity index (χ4n) is 3.54. The minimum Gasteiger partial charge on any atom is -0.490 e. The van der Waals surface area contributed by atoms with Crippen LogP contribution in [-0.4, -0.2) is 18.3 Å². The quantitative estimate of drug-likeness (QED) is 0.863. The molecule has 20 heavy (non-hydrogen) atoms. The number of fused-ring (bicyclic) bond motifs is 1. The largest absolute Gasteiger partial charge is 0.490 e. The van der Waals surface area contributed by atoms with E-state index < -0.39 is 0 Å². The van der Waals surface area contributed by atoms with Crippen LogP contribution in [0, 0.1) is 17.8 Å². The number of aliphatic hydroxyl groups is 1. The first kappa shape index (κ1) is 13.7.